The number of benzene rings is 1. The summed E-state index contributed by atoms with van der Waals surface area (Å²) in [5.74, 6) is 1.44. The molecule has 1 N–H and O–H groups in total. The first-order chi connectivity index (χ1) is 12.1. The van der Waals surface area contributed by atoms with Crippen molar-refractivity contribution in [2.75, 3.05) is 24.5 Å². The van der Waals surface area contributed by atoms with E-state index < -0.39 is 0 Å². The van der Waals surface area contributed by atoms with E-state index in [4.69, 9.17) is 4.98 Å². The van der Waals surface area contributed by atoms with Gasteiger partial charge in [-0.1, -0.05) is 51.1 Å². The van der Waals surface area contributed by atoms with E-state index >= 15 is 0 Å². The molecule has 0 unspecified atom stereocenters. The third-order valence-electron chi connectivity index (χ3n) is 3.70. The molecule has 6 heteroatoms. The Bertz CT molecular complexity index is 642. The topological polar surface area (TPSA) is 58.1 Å². The molecule has 1 heterocycles. The van der Waals surface area contributed by atoms with Crippen molar-refractivity contribution in [1.82, 2.24) is 14.7 Å². The second kappa shape index (κ2) is 10.1. The van der Waals surface area contributed by atoms with Crippen LogP contribution in [0.5, 0.6) is 0 Å². The Morgan fingerprint density at radius 1 is 1.28 bits per heavy atom. The average Bonchev–Trinajstić information content (AvgIpc) is 3.05. The van der Waals surface area contributed by atoms with Crippen molar-refractivity contribution in [3.8, 4) is 0 Å². The highest BCUT2D eigenvalue weighted by Crippen LogP contribution is 2.20. The Morgan fingerprint density at radius 2 is 2.04 bits per heavy atom. The Balaban J connectivity index is 1.98. The van der Waals surface area contributed by atoms with Gasteiger partial charge >= 0.3 is 0 Å². The minimum Gasteiger partial charge on any atom is -0.356 e. The summed E-state index contributed by atoms with van der Waals surface area (Å²) >= 11 is 1.42. The van der Waals surface area contributed by atoms with Gasteiger partial charge < -0.3 is 10.2 Å². The van der Waals surface area contributed by atoms with Crippen LogP contribution in [-0.4, -0.2) is 34.9 Å². The van der Waals surface area contributed by atoms with Crippen LogP contribution in [0.2, 0.25) is 0 Å². The predicted molar refractivity (Wildman–Crippen MR) is 104 cm³/mol. The van der Waals surface area contributed by atoms with E-state index in [1.54, 1.807) is 0 Å². The van der Waals surface area contributed by atoms with Gasteiger partial charge in [0, 0.05) is 44.0 Å². The molecule has 0 spiro atoms. The number of amides is 1. The molecule has 1 amide bonds. The Labute approximate surface area is 154 Å². The highest BCUT2D eigenvalue weighted by Gasteiger charge is 2.15. The molecule has 0 bridgehead atoms. The van der Waals surface area contributed by atoms with Crippen molar-refractivity contribution in [1.29, 1.82) is 0 Å². The predicted octanol–water partition coefficient (Wildman–Crippen LogP) is 3.51. The van der Waals surface area contributed by atoms with Crippen LogP contribution in [0.1, 0.15) is 45.0 Å². The lowest BCUT2D eigenvalue weighted by Gasteiger charge is -2.23. The highest BCUT2D eigenvalue weighted by molar-refractivity contribution is 7.09. The number of nitrogens with one attached hydrogen (secondary N) is 1. The molecule has 2 aromatic rings. The zero-order valence-corrected chi connectivity index (χ0v) is 16.2. The standard InChI is InChI=1S/C19H28N4OS/c1-4-11-20-18(24)10-12-23(14-15(2)3)19-21-17(22-25-19)13-16-8-6-5-7-9-16/h5-9,15H,4,10-14H2,1-3H3,(H,20,24). The number of carbonyl (C=O) groups is 1. The summed E-state index contributed by atoms with van der Waals surface area (Å²) in [5.41, 5.74) is 1.21. The van der Waals surface area contributed by atoms with Crippen LogP contribution >= 0.6 is 11.5 Å². The fraction of sp³-hybridized carbons (Fsp3) is 0.526. The summed E-state index contributed by atoms with van der Waals surface area (Å²) in [4.78, 5) is 18.8. The first-order valence-corrected chi connectivity index (χ1v) is 9.74. The molecule has 0 saturated carbocycles. The van der Waals surface area contributed by atoms with Crippen molar-refractivity contribution < 1.29 is 4.79 Å². The number of hydrogen-bond donors (Lipinski definition) is 1. The molecule has 5 nitrogen and oxygen atoms in total. The monoisotopic (exact) mass is 360 g/mol. The quantitative estimate of drug-likeness (QED) is 0.704. The van der Waals surface area contributed by atoms with E-state index in [2.05, 4.69) is 47.5 Å². The van der Waals surface area contributed by atoms with E-state index in [1.165, 1.54) is 17.1 Å². The van der Waals surface area contributed by atoms with E-state index in [9.17, 15) is 4.79 Å². The van der Waals surface area contributed by atoms with Crippen LogP contribution in [0.25, 0.3) is 0 Å². The lowest BCUT2D eigenvalue weighted by Crippen LogP contribution is -2.33. The number of rotatable bonds is 10. The maximum Gasteiger partial charge on any atom is 0.221 e. The summed E-state index contributed by atoms with van der Waals surface area (Å²) < 4.78 is 4.50. The molecule has 0 aliphatic heterocycles. The van der Waals surface area contributed by atoms with Crippen LogP contribution in [0.3, 0.4) is 0 Å². The molecular weight excluding hydrogens is 332 g/mol. The number of aromatic nitrogens is 2. The molecular formula is C19H28N4OS. The zero-order valence-electron chi connectivity index (χ0n) is 15.4. The maximum absolute atomic E-state index is 11.9. The third kappa shape index (κ3) is 6.82. The molecule has 0 aliphatic carbocycles. The van der Waals surface area contributed by atoms with Crippen LogP contribution in [-0.2, 0) is 11.2 Å². The van der Waals surface area contributed by atoms with Gasteiger partial charge in [0.05, 0.1) is 0 Å². The van der Waals surface area contributed by atoms with E-state index in [0.717, 1.165) is 36.9 Å². The van der Waals surface area contributed by atoms with Crippen molar-refractivity contribution in [3.63, 3.8) is 0 Å². The van der Waals surface area contributed by atoms with Gasteiger partial charge in [0.15, 0.2) is 0 Å². The number of anilines is 1. The zero-order chi connectivity index (χ0) is 18.1. The summed E-state index contributed by atoms with van der Waals surface area (Å²) in [5, 5.41) is 3.84. The van der Waals surface area contributed by atoms with E-state index in [1.807, 2.05) is 18.2 Å². The molecule has 136 valence electrons. The van der Waals surface area contributed by atoms with Crippen molar-refractivity contribution in [2.24, 2.45) is 5.92 Å². The van der Waals surface area contributed by atoms with Gasteiger partial charge in [-0.15, -0.1) is 0 Å². The van der Waals surface area contributed by atoms with E-state index in [-0.39, 0.29) is 5.91 Å². The SMILES string of the molecule is CCCNC(=O)CCN(CC(C)C)c1nc(Cc2ccccc2)ns1. The lowest BCUT2D eigenvalue weighted by molar-refractivity contribution is -0.120. The Kier molecular flexibility index (Phi) is 7.85. The normalized spacial score (nSPS) is 10.9. The molecule has 0 radical (unpaired) electrons. The summed E-state index contributed by atoms with van der Waals surface area (Å²) in [6.07, 6.45) is 2.19. The van der Waals surface area contributed by atoms with Crippen LogP contribution in [0.15, 0.2) is 30.3 Å². The summed E-state index contributed by atoms with van der Waals surface area (Å²) in [7, 11) is 0. The van der Waals surface area contributed by atoms with Gasteiger partial charge in [0.2, 0.25) is 11.0 Å². The number of carbonyl (C=O) groups excluding carboxylic acids is 1. The van der Waals surface area contributed by atoms with Crippen molar-refractivity contribution in [2.45, 2.75) is 40.0 Å². The van der Waals surface area contributed by atoms with Crippen LogP contribution in [0.4, 0.5) is 5.13 Å². The van der Waals surface area contributed by atoms with Gasteiger partial charge in [-0.3, -0.25) is 4.79 Å². The Morgan fingerprint density at radius 3 is 2.72 bits per heavy atom. The molecule has 2 rings (SSSR count). The smallest absolute Gasteiger partial charge is 0.221 e. The maximum atomic E-state index is 11.9. The van der Waals surface area contributed by atoms with Gasteiger partial charge in [-0.2, -0.15) is 4.37 Å². The molecule has 1 aromatic carbocycles. The second-order valence-corrected chi connectivity index (χ2v) is 7.33. The highest BCUT2D eigenvalue weighted by atomic mass is 32.1. The van der Waals surface area contributed by atoms with Crippen molar-refractivity contribution >= 4 is 22.6 Å². The summed E-state index contributed by atoms with van der Waals surface area (Å²) in [6.45, 7) is 8.70. The van der Waals surface area contributed by atoms with Gasteiger partial charge in [-0.05, 0) is 17.9 Å². The molecule has 25 heavy (non-hydrogen) atoms. The first-order valence-electron chi connectivity index (χ1n) is 8.96. The Hall–Kier alpha value is -1.95. The second-order valence-electron chi connectivity index (χ2n) is 6.60. The van der Waals surface area contributed by atoms with Gasteiger partial charge in [0.25, 0.3) is 0 Å². The molecule has 0 saturated heterocycles. The minimum absolute atomic E-state index is 0.102. The van der Waals surface area contributed by atoms with Gasteiger partial charge in [-0.25, -0.2) is 4.98 Å². The van der Waals surface area contributed by atoms with E-state index in [0.29, 0.717) is 18.9 Å². The first kappa shape index (κ1) is 19.4. The fourth-order valence-electron chi connectivity index (χ4n) is 2.52. The fourth-order valence-corrected chi connectivity index (χ4v) is 3.24. The third-order valence-corrected chi connectivity index (χ3v) is 4.51. The molecule has 0 fully saturated rings. The van der Waals surface area contributed by atoms with Crippen molar-refractivity contribution in [3.05, 3.63) is 41.7 Å². The molecule has 0 aliphatic rings. The molecule has 1 aromatic heterocycles. The van der Waals surface area contributed by atoms with Crippen LogP contribution < -0.4 is 10.2 Å². The lowest BCUT2D eigenvalue weighted by atomic mass is 10.1. The van der Waals surface area contributed by atoms with Gasteiger partial charge in [0.1, 0.15) is 5.82 Å². The molecule has 0 atom stereocenters. The number of nitrogens with zero attached hydrogens (tertiary/aromatic N) is 3. The largest absolute Gasteiger partial charge is 0.356 e. The summed E-state index contributed by atoms with van der Waals surface area (Å²) in [6, 6.07) is 10.2. The number of hydrogen-bond acceptors (Lipinski definition) is 5. The average molecular weight is 361 g/mol. The van der Waals surface area contributed by atoms with Crippen LogP contribution in [0, 0.1) is 5.92 Å². The minimum atomic E-state index is 0.102.